The summed E-state index contributed by atoms with van der Waals surface area (Å²) in [6.45, 7) is -0.0853. The van der Waals surface area contributed by atoms with Crippen molar-refractivity contribution < 1.29 is 19.1 Å². The van der Waals surface area contributed by atoms with Gasteiger partial charge in [-0.3, -0.25) is 18.9 Å². The molecule has 0 bridgehead atoms. The summed E-state index contributed by atoms with van der Waals surface area (Å²) in [5.41, 5.74) is -0.514. The van der Waals surface area contributed by atoms with E-state index < -0.39 is 18.7 Å². The quantitative estimate of drug-likeness (QED) is 0.303. The third kappa shape index (κ3) is 4.40. The van der Waals surface area contributed by atoms with Crippen molar-refractivity contribution in [3.8, 4) is 0 Å². The minimum absolute atomic E-state index is 0.0627. The maximum absolute atomic E-state index is 12.1. The Hall–Kier alpha value is -3.00. The Morgan fingerprint density at radius 1 is 1.04 bits per heavy atom. The molecule has 0 radical (unpaired) electrons. The van der Waals surface area contributed by atoms with Gasteiger partial charge in [-0.1, -0.05) is 30.3 Å². The highest BCUT2D eigenvalue weighted by Gasteiger charge is 2.20. The summed E-state index contributed by atoms with van der Waals surface area (Å²) in [6, 6.07) is 11.3. The van der Waals surface area contributed by atoms with E-state index in [1.54, 1.807) is 24.3 Å². The van der Waals surface area contributed by atoms with Crippen LogP contribution in [0, 0.1) is 0 Å². The van der Waals surface area contributed by atoms with Gasteiger partial charge in [0.1, 0.15) is 0 Å². The number of amides is 1. The first-order valence-electron chi connectivity index (χ1n) is 7.90. The first kappa shape index (κ1) is 18.8. The van der Waals surface area contributed by atoms with E-state index in [1.807, 2.05) is 6.07 Å². The van der Waals surface area contributed by atoms with Crippen LogP contribution < -0.4 is 21.7 Å². The fourth-order valence-corrected chi connectivity index (χ4v) is 3.25. The van der Waals surface area contributed by atoms with E-state index in [1.165, 1.54) is 6.07 Å². The number of carbonyl (C=O) groups is 1. The Morgan fingerprint density at radius 2 is 1.70 bits per heavy atom. The number of hydrogen-bond donors (Lipinski definition) is 5. The van der Waals surface area contributed by atoms with E-state index >= 15 is 0 Å². The van der Waals surface area contributed by atoms with Crippen LogP contribution >= 0.6 is 7.60 Å². The van der Waals surface area contributed by atoms with Crippen LogP contribution in [0.15, 0.2) is 52.1 Å². The van der Waals surface area contributed by atoms with Crippen LogP contribution in [0.5, 0.6) is 0 Å². The summed E-state index contributed by atoms with van der Waals surface area (Å²) in [4.78, 5) is 58.8. The zero-order valence-corrected chi connectivity index (χ0v) is 14.8. The molecule has 0 saturated heterocycles. The molecule has 10 heteroatoms. The van der Waals surface area contributed by atoms with Crippen molar-refractivity contribution in [2.45, 2.75) is 13.0 Å². The van der Waals surface area contributed by atoms with Crippen LogP contribution in [0.4, 0.5) is 0 Å². The molecule has 3 aromatic rings. The van der Waals surface area contributed by atoms with E-state index in [4.69, 9.17) is 0 Å². The van der Waals surface area contributed by atoms with E-state index in [0.29, 0.717) is 0 Å². The van der Waals surface area contributed by atoms with Crippen molar-refractivity contribution in [3.05, 3.63) is 74.3 Å². The van der Waals surface area contributed by atoms with E-state index in [2.05, 4.69) is 15.3 Å². The van der Waals surface area contributed by atoms with Crippen LogP contribution in [0.2, 0.25) is 0 Å². The maximum atomic E-state index is 12.1. The molecule has 0 fully saturated rings. The molecule has 5 N–H and O–H groups in total. The lowest BCUT2D eigenvalue weighted by molar-refractivity contribution is -0.120. The predicted molar refractivity (Wildman–Crippen MR) is 98.9 cm³/mol. The lowest BCUT2D eigenvalue weighted by Crippen LogP contribution is -2.31. The molecule has 0 spiro atoms. The van der Waals surface area contributed by atoms with Gasteiger partial charge in [0.15, 0.2) is 0 Å². The van der Waals surface area contributed by atoms with Gasteiger partial charge in [0, 0.05) is 6.54 Å². The molecule has 9 nitrogen and oxygen atoms in total. The molecule has 1 amide bonds. The smallest absolute Gasteiger partial charge is 0.352 e. The number of nitrogens with one attached hydrogen (secondary N) is 3. The summed E-state index contributed by atoms with van der Waals surface area (Å²) in [5.74, 6) is -0.303. The molecule has 0 saturated carbocycles. The minimum atomic E-state index is -4.61. The largest absolute Gasteiger partial charge is 0.356 e. The lowest BCUT2D eigenvalue weighted by Gasteiger charge is -2.12. The SMILES string of the molecule is O=C(Cc1ccccc1)NCc1cc(P(=O)(O)O)cc2[nH]c(=O)c(=O)[nH]c12. The van der Waals surface area contributed by atoms with Crippen molar-refractivity contribution >= 4 is 29.8 Å². The standard InChI is InChI=1S/C17H16N3O6P/c21-14(6-10-4-2-1-3-5-10)18-9-11-7-12(27(24,25)26)8-13-15(11)20-17(23)16(22)19-13/h1-5,7-8H,6,9H2,(H,18,21)(H,19,22)(H,20,23)(H2,24,25,26). The van der Waals surface area contributed by atoms with Crippen LogP contribution in [0.25, 0.3) is 11.0 Å². The number of carbonyl (C=O) groups excluding carboxylic acids is 1. The third-order valence-corrected chi connectivity index (χ3v) is 4.85. The first-order chi connectivity index (χ1) is 12.7. The topological polar surface area (TPSA) is 152 Å². The van der Waals surface area contributed by atoms with Gasteiger partial charge in [0.05, 0.1) is 22.8 Å². The molecule has 1 aromatic heterocycles. The predicted octanol–water partition coefficient (Wildman–Crippen LogP) is -0.122. The summed E-state index contributed by atoms with van der Waals surface area (Å²) in [5, 5.41) is 2.32. The molecule has 0 atom stereocenters. The van der Waals surface area contributed by atoms with E-state index in [0.717, 1.165) is 11.6 Å². The molecule has 0 aliphatic carbocycles. The molecule has 140 valence electrons. The monoisotopic (exact) mass is 389 g/mol. The number of aromatic nitrogens is 2. The normalized spacial score (nSPS) is 11.5. The Balaban J connectivity index is 1.93. The molecule has 0 aliphatic rings. The number of hydrogen-bond acceptors (Lipinski definition) is 4. The Labute approximate surface area is 152 Å². The van der Waals surface area contributed by atoms with Crippen LogP contribution in [0.3, 0.4) is 0 Å². The minimum Gasteiger partial charge on any atom is -0.352 e. The van der Waals surface area contributed by atoms with Crippen molar-refractivity contribution in [1.82, 2.24) is 15.3 Å². The molecule has 3 rings (SSSR count). The number of benzene rings is 2. The van der Waals surface area contributed by atoms with Crippen LogP contribution in [-0.4, -0.2) is 25.7 Å². The highest BCUT2D eigenvalue weighted by Crippen LogP contribution is 2.34. The van der Waals surface area contributed by atoms with Crippen molar-refractivity contribution in [3.63, 3.8) is 0 Å². The van der Waals surface area contributed by atoms with Crippen molar-refractivity contribution in [2.24, 2.45) is 0 Å². The molecule has 1 heterocycles. The fourth-order valence-electron chi connectivity index (χ4n) is 2.63. The van der Waals surface area contributed by atoms with Gasteiger partial charge >= 0.3 is 18.7 Å². The highest BCUT2D eigenvalue weighted by molar-refractivity contribution is 7.60. The first-order valence-corrected chi connectivity index (χ1v) is 9.51. The van der Waals surface area contributed by atoms with Gasteiger partial charge in [-0.25, -0.2) is 0 Å². The summed E-state index contributed by atoms with van der Waals surface area (Å²) in [7, 11) is -4.61. The van der Waals surface area contributed by atoms with Crippen LogP contribution in [0.1, 0.15) is 11.1 Å². The number of fused-ring (bicyclic) bond motifs is 1. The zero-order valence-electron chi connectivity index (χ0n) is 13.9. The molecular weight excluding hydrogens is 373 g/mol. The third-order valence-electron chi connectivity index (χ3n) is 3.92. The zero-order chi connectivity index (χ0) is 19.6. The Morgan fingerprint density at radius 3 is 2.37 bits per heavy atom. The average molecular weight is 389 g/mol. The number of rotatable bonds is 5. The summed E-state index contributed by atoms with van der Waals surface area (Å²) < 4.78 is 11.6. The average Bonchev–Trinajstić information content (AvgIpc) is 2.61. The van der Waals surface area contributed by atoms with Gasteiger partial charge in [-0.2, -0.15) is 0 Å². The molecule has 27 heavy (non-hydrogen) atoms. The second kappa shape index (κ2) is 7.32. The second-order valence-corrected chi connectivity index (χ2v) is 7.52. The maximum Gasteiger partial charge on any atom is 0.356 e. The highest BCUT2D eigenvalue weighted by atomic mass is 31.2. The van der Waals surface area contributed by atoms with Gasteiger partial charge in [-0.05, 0) is 23.3 Å². The van der Waals surface area contributed by atoms with Gasteiger partial charge < -0.3 is 25.1 Å². The molecular formula is C17H16N3O6P. The molecule has 0 aliphatic heterocycles. The van der Waals surface area contributed by atoms with Crippen LogP contribution in [-0.2, 0) is 22.3 Å². The number of aromatic amines is 2. The van der Waals surface area contributed by atoms with Gasteiger partial charge in [0.2, 0.25) is 5.91 Å². The Kier molecular flexibility index (Phi) is 5.09. The number of H-pyrrole nitrogens is 2. The fraction of sp³-hybridized carbons (Fsp3) is 0.118. The molecule has 0 unspecified atom stereocenters. The van der Waals surface area contributed by atoms with Crippen molar-refractivity contribution in [1.29, 1.82) is 0 Å². The summed E-state index contributed by atoms with van der Waals surface area (Å²) in [6.07, 6.45) is 0.129. The van der Waals surface area contributed by atoms with Gasteiger partial charge in [-0.15, -0.1) is 0 Å². The second-order valence-electron chi connectivity index (χ2n) is 5.92. The molecule has 2 aromatic carbocycles. The van der Waals surface area contributed by atoms with E-state index in [9.17, 15) is 28.7 Å². The lowest BCUT2D eigenvalue weighted by atomic mass is 10.1. The summed E-state index contributed by atoms with van der Waals surface area (Å²) >= 11 is 0. The Bertz CT molecular complexity index is 1160. The van der Waals surface area contributed by atoms with Crippen molar-refractivity contribution in [2.75, 3.05) is 0 Å². The van der Waals surface area contributed by atoms with E-state index in [-0.39, 0.29) is 40.8 Å². The van der Waals surface area contributed by atoms with Gasteiger partial charge in [0.25, 0.3) is 0 Å².